The lowest BCUT2D eigenvalue weighted by atomic mass is 10.2. The van der Waals surface area contributed by atoms with Gasteiger partial charge in [0.2, 0.25) is 5.90 Å². The van der Waals surface area contributed by atoms with Crippen LogP contribution in [-0.2, 0) is 6.54 Å². The summed E-state index contributed by atoms with van der Waals surface area (Å²) in [6.45, 7) is 5.79. The van der Waals surface area contributed by atoms with Crippen LogP contribution in [0.3, 0.4) is 0 Å². The SMILES string of the molecule is C=C(Cl)N=C(/C=C\N)Oc1ccccc1CNC(=O)Nc1cc(C2CC2)nn1-c1ccc(C)cc1. The third kappa shape index (κ3) is 6.51. The van der Waals surface area contributed by atoms with Crippen LogP contribution in [0.15, 0.2) is 83.6 Å². The van der Waals surface area contributed by atoms with E-state index in [-0.39, 0.29) is 23.6 Å². The molecule has 0 atom stereocenters. The maximum Gasteiger partial charge on any atom is 0.320 e. The molecule has 0 spiro atoms. The van der Waals surface area contributed by atoms with Crippen molar-refractivity contribution in [1.82, 2.24) is 15.1 Å². The molecule has 1 fully saturated rings. The second-order valence-electron chi connectivity index (χ2n) is 8.18. The Morgan fingerprint density at radius 1 is 1.29 bits per heavy atom. The lowest BCUT2D eigenvalue weighted by Crippen LogP contribution is -2.29. The Labute approximate surface area is 209 Å². The molecule has 35 heavy (non-hydrogen) atoms. The van der Waals surface area contributed by atoms with E-state index < -0.39 is 0 Å². The quantitative estimate of drug-likeness (QED) is 0.225. The third-order valence-electron chi connectivity index (χ3n) is 5.34. The number of para-hydroxylation sites is 1. The average molecular weight is 491 g/mol. The van der Waals surface area contributed by atoms with E-state index in [2.05, 4.69) is 22.2 Å². The number of ether oxygens (including phenoxy) is 1. The number of amides is 2. The van der Waals surface area contributed by atoms with E-state index in [0.29, 0.717) is 17.5 Å². The zero-order chi connectivity index (χ0) is 24.8. The van der Waals surface area contributed by atoms with Gasteiger partial charge in [-0.2, -0.15) is 5.10 Å². The highest BCUT2D eigenvalue weighted by atomic mass is 35.5. The fourth-order valence-electron chi connectivity index (χ4n) is 3.44. The molecule has 1 aliphatic carbocycles. The van der Waals surface area contributed by atoms with Crippen molar-refractivity contribution in [2.45, 2.75) is 32.2 Å². The van der Waals surface area contributed by atoms with E-state index in [1.807, 2.05) is 55.5 Å². The second-order valence-corrected chi connectivity index (χ2v) is 8.62. The van der Waals surface area contributed by atoms with Crippen molar-refractivity contribution in [1.29, 1.82) is 0 Å². The summed E-state index contributed by atoms with van der Waals surface area (Å²) in [5, 5.41) is 10.6. The Balaban J connectivity index is 1.47. The van der Waals surface area contributed by atoms with E-state index in [9.17, 15) is 4.79 Å². The highest BCUT2D eigenvalue weighted by Crippen LogP contribution is 2.40. The summed E-state index contributed by atoms with van der Waals surface area (Å²) in [7, 11) is 0. The molecule has 0 aliphatic heterocycles. The Bertz CT molecular complexity index is 1280. The Morgan fingerprint density at radius 3 is 2.71 bits per heavy atom. The van der Waals surface area contributed by atoms with Crippen molar-refractivity contribution >= 4 is 29.3 Å². The maximum atomic E-state index is 12.8. The molecule has 0 bridgehead atoms. The largest absolute Gasteiger partial charge is 0.439 e. The average Bonchev–Trinajstić information content (AvgIpc) is 3.60. The number of halogens is 1. The lowest BCUT2D eigenvalue weighted by molar-refractivity contribution is 0.251. The van der Waals surface area contributed by atoms with Gasteiger partial charge in [-0.05, 0) is 44.2 Å². The van der Waals surface area contributed by atoms with Crippen molar-refractivity contribution in [2.75, 3.05) is 5.32 Å². The molecule has 1 aliphatic rings. The minimum atomic E-state index is -0.361. The molecule has 1 heterocycles. The number of anilines is 1. The van der Waals surface area contributed by atoms with Crippen molar-refractivity contribution in [3.05, 3.63) is 95.4 Å². The van der Waals surface area contributed by atoms with Crippen molar-refractivity contribution in [3.8, 4) is 11.4 Å². The predicted octanol–water partition coefficient (Wildman–Crippen LogP) is 5.34. The molecule has 2 amide bonds. The summed E-state index contributed by atoms with van der Waals surface area (Å²) >= 11 is 5.77. The molecule has 2 aromatic carbocycles. The molecule has 8 nitrogen and oxygen atoms in total. The van der Waals surface area contributed by atoms with Gasteiger partial charge >= 0.3 is 6.03 Å². The van der Waals surface area contributed by atoms with Gasteiger partial charge in [0.15, 0.2) is 0 Å². The highest BCUT2D eigenvalue weighted by Gasteiger charge is 2.28. The maximum absolute atomic E-state index is 12.8. The first-order valence-electron chi connectivity index (χ1n) is 11.2. The molecule has 0 unspecified atom stereocenters. The van der Waals surface area contributed by atoms with Crippen LogP contribution in [0.25, 0.3) is 5.69 Å². The van der Waals surface area contributed by atoms with Gasteiger partial charge < -0.3 is 15.8 Å². The van der Waals surface area contributed by atoms with Gasteiger partial charge in [0.1, 0.15) is 16.7 Å². The normalized spacial score (nSPS) is 13.6. The van der Waals surface area contributed by atoms with Gasteiger partial charge in [-0.1, -0.05) is 54.1 Å². The number of nitrogens with zero attached hydrogens (tertiary/aromatic N) is 3. The van der Waals surface area contributed by atoms with Crippen LogP contribution in [0.2, 0.25) is 0 Å². The monoisotopic (exact) mass is 490 g/mol. The molecule has 4 N–H and O–H groups in total. The van der Waals surface area contributed by atoms with E-state index >= 15 is 0 Å². The lowest BCUT2D eigenvalue weighted by Gasteiger charge is -2.13. The summed E-state index contributed by atoms with van der Waals surface area (Å²) in [5.41, 5.74) is 9.24. The van der Waals surface area contributed by atoms with Crippen LogP contribution in [0.4, 0.5) is 10.6 Å². The fourth-order valence-corrected chi connectivity index (χ4v) is 3.53. The zero-order valence-corrected chi connectivity index (χ0v) is 20.1. The molecule has 180 valence electrons. The van der Waals surface area contributed by atoms with E-state index in [4.69, 9.17) is 27.2 Å². The Kier molecular flexibility index (Phi) is 7.52. The number of aromatic nitrogens is 2. The molecule has 4 rings (SSSR count). The fraction of sp³-hybridized carbons (Fsp3) is 0.192. The Hall–Kier alpha value is -4.04. The number of aliphatic imine (C=N–C) groups is 1. The first kappa shape index (κ1) is 24.1. The van der Waals surface area contributed by atoms with E-state index in [0.717, 1.165) is 35.3 Å². The van der Waals surface area contributed by atoms with Crippen LogP contribution in [0, 0.1) is 6.92 Å². The van der Waals surface area contributed by atoms with Gasteiger partial charge in [-0.3, -0.25) is 5.32 Å². The van der Waals surface area contributed by atoms with Crippen LogP contribution in [-0.4, -0.2) is 21.7 Å². The van der Waals surface area contributed by atoms with Crippen LogP contribution in [0.5, 0.6) is 5.75 Å². The van der Waals surface area contributed by atoms with Gasteiger partial charge in [0.25, 0.3) is 0 Å². The number of aryl methyl sites for hydroxylation is 1. The summed E-state index contributed by atoms with van der Waals surface area (Å²) in [6.07, 6.45) is 5.00. The van der Waals surface area contributed by atoms with Crippen molar-refractivity contribution in [3.63, 3.8) is 0 Å². The number of hydrogen-bond donors (Lipinski definition) is 3. The van der Waals surface area contributed by atoms with Crippen LogP contribution >= 0.6 is 11.6 Å². The first-order chi connectivity index (χ1) is 16.9. The number of rotatable bonds is 8. The summed E-state index contributed by atoms with van der Waals surface area (Å²) < 4.78 is 7.59. The van der Waals surface area contributed by atoms with Gasteiger partial charge in [0, 0.05) is 30.2 Å². The minimum Gasteiger partial charge on any atom is -0.439 e. The molecular weight excluding hydrogens is 464 g/mol. The molecule has 3 aromatic rings. The standard InChI is InChI=1S/C26H27ClN6O2/c1-17-7-11-21(12-8-17)33-24(15-22(32-33)19-9-10-19)31-26(34)29-16-20-5-3-4-6-23(20)35-25(13-14-28)30-18(2)27/h3-8,11-15,19H,2,9-10,16,28H2,1H3,(H2,29,31,34)/b14-13-,30-25?. The molecule has 0 radical (unpaired) electrons. The number of hydrogen-bond acceptors (Lipinski definition) is 5. The van der Waals surface area contributed by atoms with Crippen molar-refractivity contribution in [2.24, 2.45) is 10.7 Å². The molecule has 1 saturated carbocycles. The van der Waals surface area contributed by atoms with Gasteiger partial charge in [-0.25, -0.2) is 14.5 Å². The summed E-state index contributed by atoms with van der Waals surface area (Å²) in [6, 6.07) is 16.9. The van der Waals surface area contributed by atoms with Gasteiger partial charge in [0.05, 0.1) is 11.4 Å². The highest BCUT2D eigenvalue weighted by molar-refractivity contribution is 6.29. The number of nitrogens with one attached hydrogen (secondary N) is 2. The zero-order valence-electron chi connectivity index (χ0n) is 19.4. The topological polar surface area (TPSA) is 107 Å². The third-order valence-corrected chi connectivity index (χ3v) is 5.43. The predicted molar refractivity (Wildman–Crippen MR) is 139 cm³/mol. The first-order valence-corrected chi connectivity index (χ1v) is 11.6. The minimum absolute atomic E-state index is 0.0591. The smallest absolute Gasteiger partial charge is 0.320 e. The molecule has 9 heteroatoms. The van der Waals surface area contributed by atoms with Crippen LogP contribution < -0.4 is 21.1 Å². The number of urea groups is 1. The van der Waals surface area contributed by atoms with E-state index in [1.165, 1.54) is 12.3 Å². The van der Waals surface area contributed by atoms with Crippen LogP contribution in [0.1, 0.15) is 35.6 Å². The number of nitrogens with two attached hydrogens (primary N) is 1. The summed E-state index contributed by atoms with van der Waals surface area (Å²) in [5.74, 6) is 1.75. The molecule has 1 aromatic heterocycles. The molecule has 0 saturated heterocycles. The van der Waals surface area contributed by atoms with E-state index in [1.54, 1.807) is 10.7 Å². The summed E-state index contributed by atoms with van der Waals surface area (Å²) in [4.78, 5) is 16.8. The van der Waals surface area contributed by atoms with Crippen molar-refractivity contribution < 1.29 is 9.53 Å². The van der Waals surface area contributed by atoms with Gasteiger partial charge in [-0.15, -0.1) is 0 Å². The number of benzene rings is 2. The number of carbonyl (C=O) groups is 1. The Morgan fingerprint density at radius 2 is 2.03 bits per heavy atom. The number of carbonyl (C=O) groups excluding carboxylic acids is 1. The second kappa shape index (κ2) is 10.9. The molecular formula is C26H27ClN6O2.